The normalized spacial score (nSPS) is 38.4. The summed E-state index contributed by atoms with van der Waals surface area (Å²) in [6.45, 7) is 6.77. The van der Waals surface area contributed by atoms with Gasteiger partial charge in [-0.15, -0.1) is 0 Å². The molecule has 2 aliphatic heterocycles. The number of piperidine rings is 1. The maximum atomic E-state index is 5.71. The number of hydrogen-bond acceptors (Lipinski definition) is 3. The van der Waals surface area contributed by atoms with E-state index < -0.39 is 0 Å². The van der Waals surface area contributed by atoms with Gasteiger partial charge >= 0.3 is 0 Å². The second-order valence-corrected chi connectivity index (χ2v) is 5.33. The quantitative estimate of drug-likeness (QED) is 0.726. The summed E-state index contributed by atoms with van der Waals surface area (Å²) < 4.78 is 5.71. The predicted octanol–water partition coefficient (Wildman–Crippen LogP) is 0.707. The molecule has 1 aliphatic carbocycles. The summed E-state index contributed by atoms with van der Waals surface area (Å²) in [6, 6.07) is 0.800. The molecular weight excluding hydrogens is 188 g/mol. The van der Waals surface area contributed by atoms with Gasteiger partial charge in [-0.05, 0) is 31.7 Å². The molecule has 3 heteroatoms. The van der Waals surface area contributed by atoms with Gasteiger partial charge in [0.05, 0.1) is 13.2 Å². The van der Waals surface area contributed by atoms with Crippen molar-refractivity contribution < 1.29 is 4.74 Å². The molecule has 2 atom stereocenters. The van der Waals surface area contributed by atoms with Crippen molar-refractivity contribution in [3.8, 4) is 0 Å². The van der Waals surface area contributed by atoms with Crippen LogP contribution in [0.15, 0.2) is 0 Å². The minimum absolute atomic E-state index is 0.736. The largest absolute Gasteiger partial charge is 0.380 e. The average Bonchev–Trinajstić information content (AvgIpc) is 3.07. The summed E-state index contributed by atoms with van der Waals surface area (Å²) >= 11 is 0. The fraction of sp³-hybridized carbons (Fsp3) is 1.00. The predicted molar refractivity (Wildman–Crippen MR) is 59.9 cm³/mol. The van der Waals surface area contributed by atoms with Crippen molar-refractivity contribution in [2.45, 2.75) is 25.3 Å². The molecule has 0 unspecified atom stereocenters. The molecule has 0 radical (unpaired) electrons. The highest BCUT2D eigenvalue weighted by Crippen LogP contribution is 2.32. The number of nitrogens with one attached hydrogen (secondary N) is 1. The maximum absolute atomic E-state index is 5.71. The molecular formula is C12H22N2O. The van der Waals surface area contributed by atoms with Crippen LogP contribution < -0.4 is 5.32 Å². The van der Waals surface area contributed by atoms with Crippen LogP contribution in [0.5, 0.6) is 0 Å². The Kier molecular flexibility index (Phi) is 2.95. The Hall–Kier alpha value is -0.120. The molecule has 0 aromatic carbocycles. The minimum atomic E-state index is 0.736. The van der Waals surface area contributed by atoms with Crippen molar-refractivity contribution in [2.24, 2.45) is 11.8 Å². The van der Waals surface area contributed by atoms with Gasteiger partial charge in [-0.25, -0.2) is 0 Å². The van der Waals surface area contributed by atoms with Crippen LogP contribution >= 0.6 is 0 Å². The topological polar surface area (TPSA) is 24.5 Å². The number of hydrogen-bond donors (Lipinski definition) is 1. The van der Waals surface area contributed by atoms with Crippen LogP contribution in [0.1, 0.15) is 19.3 Å². The minimum Gasteiger partial charge on any atom is -0.380 e. The first-order valence-electron chi connectivity index (χ1n) is 6.46. The van der Waals surface area contributed by atoms with E-state index in [0.717, 1.165) is 44.2 Å². The van der Waals surface area contributed by atoms with Crippen molar-refractivity contribution in [1.29, 1.82) is 0 Å². The fourth-order valence-electron chi connectivity index (χ4n) is 3.00. The Morgan fingerprint density at radius 2 is 2.20 bits per heavy atom. The van der Waals surface area contributed by atoms with E-state index in [1.165, 1.54) is 32.4 Å². The van der Waals surface area contributed by atoms with Gasteiger partial charge in [0.2, 0.25) is 0 Å². The van der Waals surface area contributed by atoms with E-state index in [2.05, 4.69) is 10.2 Å². The summed E-state index contributed by atoms with van der Waals surface area (Å²) in [7, 11) is 0. The van der Waals surface area contributed by atoms with Crippen LogP contribution in [-0.2, 0) is 4.74 Å². The fourth-order valence-corrected chi connectivity index (χ4v) is 3.00. The summed E-state index contributed by atoms with van der Waals surface area (Å²) in [4.78, 5) is 2.72. The van der Waals surface area contributed by atoms with Gasteiger partial charge in [-0.2, -0.15) is 0 Å². The van der Waals surface area contributed by atoms with E-state index >= 15 is 0 Å². The molecule has 0 aromatic heterocycles. The molecule has 0 amide bonds. The molecule has 0 spiro atoms. The van der Waals surface area contributed by atoms with Crippen LogP contribution in [0.3, 0.4) is 0 Å². The lowest BCUT2D eigenvalue weighted by Gasteiger charge is -2.37. The van der Waals surface area contributed by atoms with E-state index in [0.29, 0.717) is 0 Å². The Balaban J connectivity index is 1.66. The van der Waals surface area contributed by atoms with Crippen molar-refractivity contribution in [3.63, 3.8) is 0 Å². The molecule has 15 heavy (non-hydrogen) atoms. The average molecular weight is 210 g/mol. The third kappa shape index (κ3) is 2.35. The smallest absolute Gasteiger partial charge is 0.0593 e. The van der Waals surface area contributed by atoms with E-state index in [4.69, 9.17) is 4.74 Å². The van der Waals surface area contributed by atoms with Crippen LogP contribution in [0.2, 0.25) is 0 Å². The monoisotopic (exact) mass is 210 g/mol. The summed E-state index contributed by atoms with van der Waals surface area (Å²) in [6.07, 6.45) is 4.25. The molecule has 0 aromatic rings. The molecule has 2 heterocycles. The SMILES string of the molecule is C1C[C@H]2[C@@H](CN1)COCCN2CC1CC1. The molecule has 86 valence electrons. The molecule has 0 bridgehead atoms. The van der Waals surface area contributed by atoms with Gasteiger partial charge in [-0.3, -0.25) is 4.90 Å². The molecule has 3 nitrogen and oxygen atoms in total. The first-order valence-corrected chi connectivity index (χ1v) is 6.46. The standard InChI is InChI=1S/C12H22N2O/c1-2-10(1)8-14-5-6-15-9-11-7-13-4-3-12(11)14/h10-13H,1-9H2/t11-,12-/m0/s1. The first kappa shape index (κ1) is 10.1. The Morgan fingerprint density at radius 3 is 3.07 bits per heavy atom. The summed E-state index contributed by atoms with van der Waals surface area (Å²) in [5.41, 5.74) is 0. The van der Waals surface area contributed by atoms with Crippen molar-refractivity contribution in [1.82, 2.24) is 10.2 Å². The van der Waals surface area contributed by atoms with Crippen molar-refractivity contribution in [3.05, 3.63) is 0 Å². The van der Waals surface area contributed by atoms with E-state index in [1.807, 2.05) is 0 Å². The molecule has 1 saturated carbocycles. The van der Waals surface area contributed by atoms with Crippen molar-refractivity contribution in [2.75, 3.05) is 39.4 Å². The lowest BCUT2D eigenvalue weighted by molar-refractivity contribution is 0.101. The lowest BCUT2D eigenvalue weighted by atomic mass is 9.92. The zero-order valence-corrected chi connectivity index (χ0v) is 9.45. The summed E-state index contributed by atoms with van der Waals surface area (Å²) in [5, 5.41) is 3.49. The van der Waals surface area contributed by atoms with E-state index in [1.54, 1.807) is 0 Å². The Bertz CT molecular complexity index is 218. The zero-order valence-electron chi connectivity index (χ0n) is 9.45. The summed E-state index contributed by atoms with van der Waals surface area (Å²) in [5.74, 6) is 1.75. The highest BCUT2D eigenvalue weighted by Gasteiger charge is 2.35. The van der Waals surface area contributed by atoms with Gasteiger partial charge in [0.25, 0.3) is 0 Å². The third-order valence-corrected chi connectivity index (χ3v) is 4.08. The van der Waals surface area contributed by atoms with Crippen LogP contribution in [0, 0.1) is 11.8 Å². The first-order chi connectivity index (χ1) is 7.43. The second kappa shape index (κ2) is 4.40. The van der Waals surface area contributed by atoms with Crippen LogP contribution in [0.4, 0.5) is 0 Å². The highest BCUT2D eigenvalue weighted by molar-refractivity contribution is 4.89. The van der Waals surface area contributed by atoms with Gasteiger partial charge in [0.15, 0.2) is 0 Å². The Labute approximate surface area is 92.2 Å². The van der Waals surface area contributed by atoms with Gasteiger partial charge in [0, 0.05) is 31.6 Å². The van der Waals surface area contributed by atoms with Gasteiger partial charge < -0.3 is 10.1 Å². The van der Waals surface area contributed by atoms with Gasteiger partial charge in [0.1, 0.15) is 0 Å². The van der Waals surface area contributed by atoms with E-state index in [9.17, 15) is 0 Å². The van der Waals surface area contributed by atoms with Crippen LogP contribution in [-0.4, -0.2) is 50.3 Å². The number of nitrogens with zero attached hydrogens (tertiary/aromatic N) is 1. The third-order valence-electron chi connectivity index (χ3n) is 4.08. The zero-order chi connectivity index (χ0) is 10.1. The number of rotatable bonds is 2. The second-order valence-electron chi connectivity index (χ2n) is 5.33. The Morgan fingerprint density at radius 1 is 1.27 bits per heavy atom. The lowest BCUT2D eigenvalue weighted by Crippen LogP contribution is -2.50. The molecule has 3 fully saturated rings. The number of fused-ring (bicyclic) bond motifs is 1. The molecule has 1 N–H and O–H groups in total. The van der Waals surface area contributed by atoms with E-state index in [-0.39, 0.29) is 0 Å². The van der Waals surface area contributed by atoms with Gasteiger partial charge in [-0.1, -0.05) is 0 Å². The molecule has 2 saturated heterocycles. The van der Waals surface area contributed by atoms with Crippen LogP contribution in [0.25, 0.3) is 0 Å². The number of ether oxygens (including phenoxy) is 1. The molecule has 3 rings (SSSR count). The molecule has 3 aliphatic rings. The highest BCUT2D eigenvalue weighted by atomic mass is 16.5. The maximum Gasteiger partial charge on any atom is 0.0593 e. The van der Waals surface area contributed by atoms with Crippen molar-refractivity contribution >= 4 is 0 Å².